The van der Waals surface area contributed by atoms with Crippen molar-refractivity contribution in [3.05, 3.63) is 53.6 Å². The second-order valence-electron chi connectivity index (χ2n) is 4.89. The molecule has 0 spiro atoms. The van der Waals surface area contributed by atoms with Crippen LogP contribution in [0.4, 0.5) is 0 Å². The highest BCUT2D eigenvalue weighted by molar-refractivity contribution is 5.43. The van der Waals surface area contributed by atoms with Gasteiger partial charge in [0.2, 0.25) is 0 Å². The van der Waals surface area contributed by atoms with Crippen LogP contribution in [0, 0.1) is 0 Å². The summed E-state index contributed by atoms with van der Waals surface area (Å²) >= 11 is 0. The first-order valence-corrected chi connectivity index (χ1v) is 6.90. The molecule has 3 N–H and O–H groups in total. The van der Waals surface area contributed by atoms with E-state index in [0.717, 1.165) is 24.0 Å². The zero-order valence-corrected chi connectivity index (χ0v) is 12.4. The number of rotatable bonds is 6. The van der Waals surface area contributed by atoms with E-state index in [9.17, 15) is 5.11 Å². The second-order valence-corrected chi connectivity index (χ2v) is 4.89. The van der Waals surface area contributed by atoms with Gasteiger partial charge >= 0.3 is 0 Å². The Morgan fingerprint density at radius 2 is 1.76 bits per heavy atom. The molecule has 21 heavy (non-hydrogen) atoms. The molecule has 0 aliphatic carbocycles. The average molecular weight is 287 g/mol. The smallest absolute Gasteiger partial charge is 0.161 e. The van der Waals surface area contributed by atoms with Gasteiger partial charge in [-0.05, 0) is 42.2 Å². The number of phenolic OH excluding ortho intramolecular Hbond substituents is 1. The molecular formula is C17H21NO3. The molecule has 0 heterocycles. The lowest BCUT2D eigenvalue weighted by Gasteiger charge is -2.15. The molecule has 0 saturated heterocycles. The van der Waals surface area contributed by atoms with Crippen molar-refractivity contribution in [3.63, 3.8) is 0 Å². The van der Waals surface area contributed by atoms with Crippen LogP contribution in [0.3, 0.4) is 0 Å². The van der Waals surface area contributed by atoms with Gasteiger partial charge in [0.15, 0.2) is 11.5 Å². The van der Waals surface area contributed by atoms with Crippen LogP contribution in [0.1, 0.15) is 23.6 Å². The van der Waals surface area contributed by atoms with E-state index in [4.69, 9.17) is 15.2 Å². The molecule has 0 saturated carbocycles. The molecule has 0 fully saturated rings. The fourth-order valence-electron chi connectivity index (χ4n) is 2.28. The van der Waals surface area contributed by atoms with E-state index >= 15 is 0 Å². The number of methoxy groups -OCH3 is 2. The van der Waals surface area contributed by atoms with Gasteiger partial charge in [0.05, 0.1) is 14.2 Å². The van der Waals surface area contributed by atoms with Gasteiger partial charge in [0, 0.05) is 6.04 Å². The lowest BCUT2D eigenvalue weighted by Crippen LogP contribution is -2.11. The fourth-order valence-corrected chi connectivity index (χ4v) is 2.28. The third-order valence-corrected chi connectivity index (χ3v) is 3.55. The molecular weight excluding hydrogens is 266 g/mol. The van der Waals surface area contributed by atoms with Crippen molar-refractivity contribution >= 4 is 0 Å². The minimum atomic E-state index is -0.121. The number of phenols is 1. The van der Waals surface area contributed by atoms with Gasteiger partial charge in [-0.2, -0.15) is 0 Å². The monoisotopic (exact) mass is 287 g/mol. The Labute approximate surface area is 125 Å². The van der Waals surface area contributed by atoms with Gasteiger partial charge < -0.3 is 20.3 Å². The van der Waals surface area contributed by atoms with Gasteiger partial charge in [-0.15, -0.1) is 0 Å². The Bertz CT molecular complexity index is 598. The van der Waals surface area contributed by atoms with Crippen LogP contribution in [-0.2, 0) is 6.42 Å². The lowest BCUT2D eigenvalue weighted by molar-refractivity contribution is 0.354. The van der Waals surface area contributed by atoms with E-state index in [1.165, 1.54) is 0 Å². The molecule has 0 radical (unpaired) electrons. The summed E-state index contributed by atoms with van der Waals surface area (Å²) < 4.78 is 10.5. The number of hydrogen-bond acceptors (Lipinski definition) is 4. The first kappa shape index (κ1) is 15.2. The fraction of sp³-hybridized carbons (Fsp3) is 0.294. The standard InChI is InChI=1S/C17H21NO3/c1-20-16-10-8-13(11-17(16)21-2)14(18)9-7-12-5-3-4-6-15(12)19/h3-6,8,10-11,14,19H,7,9,18H2,1-2H3. The zero-order valence-electron chi connectivity index (χ0n) is 12.4. The Kier molecular flexibility index (Phi) is 5.06. The number of aromatic hydroxyl groups is 1. The van der Waals surface area contributed by atoms with Gasteiger partial charge in [-0.3, -0.25) is 0 Å². The van der Waals surface area contributed by atoms with E-state index in [2.05, 4.69) is 0 Å². The van der Waals surface area contributed by atoms with Crippen molar-refractivity contribution in [1.82, 2.24) is 0 Å². The van der Waals surface area contributed by atoms with Crippen LogP contribution in [0.2, 0.25) is 0 Å². The third kappa shape index (κ3) is 3.67. The predicted octanol–water partition coefficient (Wildman–Crippen LogP) is 3.04. The van der Waals surface area contributed by atoms with Crippen LogP contribution in [0.25, 0.3) is 0 Å². The first-order valence-electron chi connectivity index (χ1n) is 6.90. The highest BCUT2D eigenvalue weighted by Gasteiger charge is 2.11. The zero-order chi connectivity index (χ0) is 15.2. The molecule has 0 aliphatic rings. The van der Waals surface area contributed by atoms with Crippen molar-refractivity contribution in [3.8, 4) is 17.2 Å². The predicted molar refractivity (Wildman–Crippen MR) is 82.9 cm³/mol. The van der Waals surface area contributed by atoms with Crippen molar-refractivity contribution < 1.29 is 14.6 Å². The number of benzene rings is 2. The number of ether oxygens (including phenoxy) is 2. The molecule has 0 amide bonds. The topological polar surface area (TPSA) is 64.7 Å². The van der Waals surface area contributed by atoms with Crippen LogP contribution in [-0.4, -0.2) is 19.3 Å². The van der Waals surface area contributed by atoms with Gasteiger partial charge in [-0.1, -0.05) is 24.3 Å². The van der Waals surface area contributed by atoms with Gasteiger partial charge in [0.25, 0.3) is 0 Å². The maximum Gasteiger partial charge on any atom is 0.161 e. The summed E-state index contributed by atoms with van der Waals surface area (Å²) in [6.07, 6.45) is 1.47. The number of para-hydroxylation sites is 1. The summed E-state index contributed by atoms with van der Waals surface area (Å²) in [5, 5.41) is 9.77. The summed E-state index contributed by atoms with van der Waals surface area (Å²) in [5.74, 6) is 1.68. The number of aryl methyl sites for hydroxylation is 1. The van der Waals surface area contributed by atoms with E-state index in [-0.39, 0.29) is 6.04 Å². The molecule has 112 valence electrons. The summed E-state index contributed by atoms with van der Waals surface area (Å²) in [6, 6.07) is 12.9. The van der Waals surface area contributed by atoms with E-state index < -0.39 is 0 Å². The molecule has 0 aromatic heterocycles. The van der Waals surface area contributed by atoms with E-state index in [0.29, 0.717) is 17.2 Å². The molecule has 0 bridgehead atoms. The largest absolute Gasteiger partial charge is 0.508 e. The van der Waals surface area contributed by atoms with Crippen LogP contribution in [0.15, 0.2) is 42.5 Å². The first-order chi connectivity index (χ1) is 10.2. The molecule has 2 aromatic rings. The maximum atomic E-state index is 9.77. The molecule has 2 rings (SSSR count). The molecule has 1 atom stereocenters. The SMILES string of the molecule is COc1ccc(C(N)CCc2ccccc2O)cc1OC. The molecule has 4 heteroatoms. The van der Waals surface area contributed by atoms with Crippen molar-refractivity contribution in [2.24, 2.45) is 5.73 Å². The number of hydrogen-bond donors (Lipinski definition) is 2. The minimum Gasteiger partial charge on any atom is -0.508 e. The maximum absolute atomic E-state index is 9.77. The Morgan fingerprint density at radius 1 is 1.05 bits per heavy atom. The van der Waals surface area contributed by atoms with E-state index in [1.54, 1.807) is 20.3 Å². The highest BCUT2D eigenvalue weighted by Crippen LogP contribution is 2.31. The Morgan fingerprint density at radius 3 is 2.43 bits per heavy atom. The highest BCUT2D eigenvalue weighted by atomic mass is 16.5. The van der Waals surface area contributed by atoms with Gasteiger partial charge in [-0.25, -0.2) is 0 Å². The van der Waals surface area contributed by atoms with Crippen LogP contribution < -0.4 is 15.2 Å². The Hall–Kier alpha value is -2.20. The number of nitrogens with two attached hydrogens (primary N) is 1. The minimum absolute atomic E-state index is 0.121. The summed E-state index contributed by atoms with van der Waals surface area (Å²) in [6.45, 7) is 0. The lowest BCUT2D eigenvalue weighted by atomic mass is 9.99. The Balaban J connectivity index is 2.06. The summed E-state index contributed by atoms with van der Waals surface area (Å²) in [5.41, 5.74) is 8.13. The van der Waals surface area contributed by atoms with Gasteiger partial charge in [0.1, 0.15) is 5.75 Å². The van der Waals surface area contributed by atoms with E-state index in [1.807, 2.05) is 36.4 Å². The van der Waals surface area contributed by atoms with Crippen molar-refractivity contribution in [2.45, 2.75) is 18.9 Å². The van der Waals surface area contributed by atoms with Crippen LogP contribution in [0.5, 0.6) is 17.2 Å². The quantitative estimate of drug-likeness (QED) is 0.857. The molecule has 0 aliphatic heterocycles. The van der Waals surface area contributed by atoms with Crippen LogP contribution >= 0.6 is 0 Å². The van der Waals surface area contributed by atoms with Crippen molar-refractivity contribution in [1.29, 1.82) is 0 Å². The molecule has 2 aromatic carbocycles. The third-order valence-electron chi connectivity index (χ3n) is 3.55. The summed E-state index contributed by atoms with van der Waals surface area (Å²) in [4.78, 5) is 0. The average Bonchev–Trinajstić information content (AvgIpc) is 2.53. The van der Waals surface area contributed by atoms with Crippen molar-refractivity contribution in [2.75, 3.05) is 14.2 Å². The summed E-state index contributed by atoms with van der Waals surface area (Å²) in [7, 11) is 3.21. The molecule has 1 unspecified atom stereocenters. The molecule has 4 nitrogen and oxygen atoms in total. The second kappa shape index (κ2) is 6.99. The normalized spacial score (nSPS) is 12.0.